The number of carbonyl (C=O) groups is 2. The van der Waals surface area contributed by atoms with Crippen LogP contribution in [0.4, 0.5) is 0 Å². The van der Waals surface area contributed by atoms with Gasteiger partial charge in [-0.1, -0.05) is 12.1 Å². The van der Waals surface area contributed by atoms with Gasteiger partial charge in [-0.05, 0) is 30.5 Å². The zero-order chi connectivity index (χ0) is 16.4. The number of methoxy groups -OCH3 is 1. The lowest BCUT2D eigenvalue weighted by Crippen LogP contribution is -2.43. The molecule has 2 bridgehead atoms. The van der Waals surface area contributed by atoms with Crippen LogP contribution in [0, 0.1) is 0 Å². The van der Waals surface area contributed by atoms with Crippen LogP contribution in [0.3, 0.4) is 0 Å². The summed E-state index contributed by atoms with van der Waals surface area (Å²) in [6, 6.07) is 7.91. The Balaban J connectivity index is 1.80. The Labute approximate surface area is 136 Å². The van der Waals surface area contributed by atoms with Gasteiger partial charge in [-0.3, -0.25) is 14.5 Å². The molecule has 0 spiro atoms. The smallest absolute Gasteiger partial charge is 0.302 e. The molecule has 5 nitrogen and oxygen atoms in total. The Bertz CT molecular complexity index is 583. The zero-order valence-corrected chi connectivity index (χ0v) is 13.7. The fourth-order valence-electron chi connectivity index (χ4n) is 3.80. The van der Waals surface area contributed by atoms with Crippen LogP contribution in [0.2, 0.25) is 0 Å². The van der Waals surface area contributed by atoms with Crippen molar-refractivity contribution < 1.29 is 19.1 Å². The number of nitrogens with zero attached hydrogens (tertiary/aromatic N) is 1. The molecular formula is C18H23NO4. The van der Waals surface area contributed by atoms with E-state index in [-0.39, 0.29) is 23.9 Å². The van der Waals surface area contributed by atoms with Crippen molar-refractivity contribution in [3.05, 3.63) is 29.8 Å². The molecule has 1 aromatic carbocycles. The van der Waals surface area contributed by atoms with Crippen molar-refractivity contribution in [1.82, 2.24) is 4.90 Å². The number of Topliss-reactive ketones (excluding diaryl/α,β-unsaturated/α-hetero) is 1. The normalized spacial score (nSPS) is 27.6. The zero-order valence-electron chi connectivity index (χ0n) is 13.7. The van der Waals surface area contributed by atoms with Gasteiger partial charge < -0.3 is 9.47 Å². The van der Waals surface area contributed by atoms with E-state index < -0.39 is 0 Å². The van der Waals surface area contributed by atoms with E-state index in [1.807, 2.05) is 24.3 Å². The Kier molecular flexibility index (Phi) is 4.66. The molecule has 2 aliphatic heterocycles. The molecule has 23 heavy (non-hydrogen) atoms. The van der Waals surface area contributed by atoms with E-state index in [1.54, 1.807) is 7.11 Å². The third kappa shape index (κ3) is 3.39. The monoisotopic (exact) mass is 317 g/mol. The van der Waals surface area contributed by atoms with Crippen LogP contribution in [0.1, 0.15) is 38.2 Å². The molecule has 2 aliphatic rings. The van der Waals surface area contributed by atoms with Crippen molar-refractivity contribution in [3.63, 3.8) is 0 Å². The van der Waals surface area contributed by atoms with Crippen LogP contribution >= 0.6 is 0 Å². The van der Waals surface area contributed by atoms with Crippen LogP contribution in [0.15, 0.2) is 24.3 Å². The molecule has 3 unspecified atom stereocenters. The first kappa shape index (κ1) is 16.0. The molecule has 5 heteroatoms. The summed E-state index contributed by atoms with van der Waals surface area (Å²) >= 11 is 0. The fraction of sp³-hybridized carbons (Fsp3) is 0.556. The summed E-state index contributed by atoms with van der Waals surface area (Å²) in [4.78, 5) is 26.1. The van der Waals surface area contributed by atoms with Gasteiger partial charge in [0.25, 0.3) is 0 Å². The van der Waals surface area contributed by atoms with E-state index in [0.29, 0.717) is 19.0 Å². The predicted octanol–water partition coefficient (Wildman–Crippen LogP) is 2.32. The van der Waals surface area contributed by atoms with Gasteiger partial charge in [-0.15, -0.1) is 0 Å². The highest BCUT2D eigenvalue weighted by atomic mass is 16.5. The summed E-state index contributed by atoms with van der Waals surface area (Å²) in [6.45, 7) is 2.11. The van der Waals surface area contributed by atoms with Gasteiger partial charge in [0.2, 0.25) is 0 Å². The molecule has 1 aromatic rings. The summed E-state index contributed by atoms with van der Waals surface area (Å²) in [5, 5.41) is 0. The quantitative estimate of drug-likeness (QED) is 0.798. The van der Waals surface area contributed by atoms with E-state index >= 15 is 0 Å². The van der Waals surface area contributed by atoms with Gasteiger partial charge in [-0.2, -0.15) is 0 Å². The Morgan fingerprint density at radius 3 is 2.70 bits per heavy atom. The number of hydrogen-bond acceptors (Lipinski definition) is 5. The second kappa shape index (κ2) is 6.71. The van der Waals surface area contributed by atoms with Crippen LogP contribution < -0.4 is 4.74 Å². The van der Waals surface area contributed by atoms with E-state index in [9.17, 15) is 9.59 Å². The molecule has 0 N–H and O–H groups in total. The molecule has 3 rings (SSSR count). The van der Waals surface area contributed by atoms with Gasteiger partial charge in [0.15, 0.2) is 5.78 Å². The number of ketones is 1. The minimum Gasteiger partial charge on any atom is -0.497 e. The van der Waals surface area contributed by atoms with E-state index in [4.69, 9.17) is 9.47 Å². The van der Waals surface area contributed by atoms with Gasteiger partial charge >= 0.3 is 5.97 Å². The maximum atomic E-state index is 12.5. The average molecular weight is 317 g/mol. The lowest BCUT2D eigenvalue weighted by Gasteiger charge is -2.28. The lowest BCUT2D eigenvalue weighted by molar-refractivity contribution is -0.149. The Morgan fingerprint density at radius 1 is 1.30 bits per heavy atom. The molecule has 0 saturated carbocycles. The van der Waals surface area contributed by atoms with E-state index in [0.717, 1.165) is 30.6 Å². The summed E-state index contributed by atoms with van der Waals surface area (Å²) < 4.78 is 10.6. The molecule has 2 saturated heterocycles. The van der Waals surface area contributed by atoms with E-state index in [2.05, 4.69) is 4.90 Å². The third-order valence-electron chi connectivity index (χ3n) is 4.81. The predicted molar refractivity (Wildman–Crippen MR) is 85.1 cm³/mol. The molecule has 2 heterocycles. The van der Waals surface area contributed by atoms with Crippen LogP contribution in [0.5, 0.6) is 5.75 Å². The van der Waals surface area contributed by atoms with Crippen molar-refractivity contribution >= 4 is 11.8 Å². The number of fused-ring (bicyclic) bond motifs is 2. The molecule has 0 radical (unpaired) electrons. The number of benzene rings is 1. The highest BCUT2D eigenvalue weighted by molar-refractivity contribution is 5.86. The van der Waals surface area contributed by atoms with E-state index in [1.165, 1.54) is 6.92 Å². The van der Waals surface area contributed by atoms with Crippen molar-refractivity contribution in [2.24, 2.45) is 0 Å². The van der Waals surface area contributed by atoms with Crippen LogP contribution in [0.25, 0.3) is 0 Å². The Hall–Kier alpha value is -1.88. The van der Waals surface area contributed by atoms with Crippen molar-refractivity contribution in [1.29, 1.82) is 0 Å². The lowest BCUT2D eigenvalue weighted by atomic mass is 9.97. The largest absolute Gasteiger partial charge is 0.497 e. The molecule has 3 atom stereocenters. The standard InChI is InChI=1S/C18H23NO4/c1-12(20)23-17-10-14-4-3-5-16(21)18(17)19(14)11-13-6-8-15(22-2)9-7-13/h6-9,14,17-18H,3-5,10-11H2,1-2H3. The topological polar surface area (TPSA) is 55.8 Å². The minimum absolute atomic E-state index is 0.199. The number of esters is 1. The molecule has 2 fully saturated rings. The maximum absolute atomic E-state index is 12.5. The molecular weight excluding hydrogens is 294 g/mol. The summed E-state index contributed by atoms with van der Waals surface area (Å²) in [5.74, 6) is 0.713. The first-order chi connectivity index (χ1) is 11.1. The summed E-state index contributed by atoms with van der Waals surface area (Å²) in [7, 11) is 1.65. The van der Waals surface area contributed by atoms with Crippen molar-refractivity contribution in [2.75, 3.05) is 7.11 Å². The molecule has 0 amide bonds. The summed E-state index contributed by atoms with van der Waals surface area (Å²) in [6.07, 6.45) is 2.94. The summed E-state index contributed by atoms with van der Waals surface area (Å²) in [5.41, 5.74) is 1.14. The van der Waals surface area contributed by atoms with Gasteiger partial charge in [0.1, 0.15) is 17.9 Å². The average Bonchev–Trinajstić information content (AvgIpc) is 2.75. The van der Waals surface area contributed by atoms with Crippen molar-refractivity contribution in [2.45, 2.75) is 57.3 Å². The fourth-order valence-corrected chi connectivity index (χ4v) is 3.80. The maximum Gasteiger partial charge on any atom is 0.302 e. The third-order valence-corrected chi connectivity index (χ3v) is 4.81. The van der Waals surface area contributed by atoms with Gasteiger partial charge in [0.05, 0.1) is 7.11 Å². The second-order valence-corrected chi connectivity index (χ2v) is 6.36. The van der Waals surface area contributed by atoms with Gasteiger partial charge in [-0.25, -0.2) is 0 Å². The highest BCUT2D eigenvalue weighted by Gasteiger charge is 2.47. The first-order valence-corrected chi connectivity index (χ1v) is 8.17. The number of hydrogen-bond donors (Lipinski definition) is 0. The number of carbonyl (C=O) groups excluding carboxylic acids is 2. The molecule has 0 aliphatic carbocycles. The second-order valence-electron chi connectivity index (χ2n) is 6.36. The minimum atomic E-state index is -0.307. The highest BCUT2D eigenvalue weighted by Crippen LogP contribution is 2.36. The Morgan fingerprint density at radius 2 is 2.04 bits per heavy atom. The molecule has 124 valence electrons. The van der Waals surface area contributed by atoms with Crippen LogP contribution in [-0.4, -0.2) is 41.9 Å². The molecule has 0 aromatic heterocycles. The van der Waals surface area contributed by atoms with Crippen LogP contribution in [-0.2, 0) is 20.9 Å². The number of rotatable bonds is 4. The van der Waals surface area contributed by atoms with Crippen molar-refractivity contribution in [3.8, 4) is 5.75 Å². The van der Waals surface area contributed by atoms with Gasteiger partial charge in [0, 0.05) is 32.4 Å². The number of ether oxygens (including phenoxy) is 2. The SMILES string of the molecule is COc1ccc(CN2C3CCCC(=O)C2C(OC(C)=O)C3)cc1. The first-order valence-electron chi connectivity index (χ1n) is 8.17.